The maximum Gasteiger partial charge on any atom is 0.0777 e. The summed E-state index contributed by atoms with van der Waals surface area (Å²) in [6, 6.07) is 0. The fraction of sp³-hybridized carbons (Fsp3) is 1.00. The summed E-state index contributed by atoms with van der Waals surface area (Å²) in [7, 11) is 0. The molecule has 0 heterocycles. The third kappa shape index (κ3) is 21.2. The second-order valence-electron chi connectivity index (χ2n) is 4.50. The zero-order valence-corrected chi connectivity index (χ0v) is 12.5. The highest BCUT2D eigenvalue weighted by Gasteiger charge is 1.96. The zero-order chi connectivity index (χ0) is 14.2. The second-order valence-corrected chi connectivity index (χ2v) is 4.50. The van der Waals surface area contributed by atoms with Crippen molar-refractivity contribution in [2.45, 2.75) is 65.6 Å². The zero-order valence-electron chi connectivity index (χ0n) is 12.5. The molecule has 0 amide bonds. The molecular weight excluding hydrogens is 232 g/mol. The molecule has 2 unspecified atom stereocenters. The van der Waals surface area contributed by atoms with Crippen molar-refractivity contribution in [3.63, 3.8) is 0 Å². The lowest BCUT2D eigenvalue weighted by Gasteiger charge is -2.07. The minimum absolute atomic E-state index is 0.0107. The molecule has 0 aromatic carbocycles. The normalized spacial score (nSPS) is 13.7. The summed E-state index contributed by atoms with van der Waals surface area (Å²) >= 11 is 0. The Labute approximate surface area is 112 Å². The highest BCUT2D eigenvalue weighted by Crippen LogP contribution is 1.92. The molecule has 18 heavy (non-hydrogen) atoms. The molecule has 0 radical (unpaired) electrons. The standard InChI is InChI=1S/2C7H16O2/c1-3-4-5-9-6-7(2)8;1-3-4-5-9-7(2)6-8/h2*7-8H,3-6H2,1-2H3. The van der Waals surface area contributed by atoms with Crippen molar-refractivity contribution >= 4 is 0 Å². The number of unbranched alkanes of at least 4 members (excludes halogenated alkanes) is 2. The molecule has 0 aliphatic carbocycles. The Hall–Kier alpha value is -0.160. The minimum atomic E-state index is -0.318. The summed E-state index contributed by atoms with van der Waals surface area (Å²) in [5.41, 5.74) is 0. The Morgan fingerprint density at radius 1 is 1.00 bits per heavy atom. The molecule has 0 aromatic heterocycles. The third-order valence-corrected chi connectivity index (χ3v) is 2.16. The lowest BCUT2D eigenvalue weighted by molar-refractivity contribution is 0.0237. The van der Waals surface area contributed by atoms with E-state index in [1.807, 2.05) is 6.92 Å². The lowest BCUT2D eigenvalue weighted by atomic mass is 10.3. The van der Waals surface area contributed by atoms with Crippen LogP contribution in [0.3, 0.4) is 0 Å². The van der Waals surface area contributed by atoms with Gasteiger partial charge in [-0.25, -0.2) is 0 Å². The van der Waals surface area contributed by atoms with Gasteiger partial charge in [0.1, 0.15) is 0 Å². The Kier molecular flexibility index (Phi) is 18.9. The van der Waals surface area contributed by atoms with Crippen LogP contribution in [0.1, 0.15) is 53.4 Å². The van der Waals surface area contributed by atoms with Gasteiger partial charge in [0, 0.05) is 13.2 Å². The number of rotatable bonds is 10. The predicted octanol–water partition coefficient (Wildman–Crippen LogP) is 2.37. The number of hydrogen-bond acceptors (Lipinski definition) is 4. The molecule has 0 aliphatic rings. The van der Waals surface area contributed by atoms with Crippen LogP contribution < -0.4 is 0 Å². The van der Waals surface area contributed by atoms with Crippen molar-refractivity contribution in [3.05, 3.63) is 0 Å². The molecule has 0 saturated heterocycles. The van der Waals surface area contributed by atoms with Crippen molar-refractivity contribution in [1.82, 2.24) is 0 Å². The molecular formula is C14H32O4. The molecule has 4 heteroatoms. The molecule has 0 aliphatic heterocycles. The third-order valence-electron chi connectivity index (χ3n) is 2.16. The van der Waals surface area contributed by atoms with Crippen LogP contribution in [-0.2, 0) is 9.47 Å². The van der Waals surface area contributed by atoms with E-state index in [2.05, 4.69) is 13.8 Å². The van der Waals surface area contributed by atoms with Gasteiger partial charge in [-0.1, -0.05) is 26.7 Å². The van der Waals surface area contributed by atoms with Gasteiger partial charge < -0.3 is 19.7 Å². The van der Waals surface area contributed by atoms with Gasteiger partial charge in [0.2, 0.25) is 0 Å². The van der Waals surface area contributed by atoms with E-state index >= 15 is 0 Å². The molecule has 112 valence electrons. The molecule has 0 bridgehead atoms. The van der Waals surface area contributed by atoms with E-state index in [0.29, 0.717) is 6.61 Å². The molecule has 2 N–H and O–H groups in total. The first-order valence-corrected chi connectivity index (χ1v) is 7.06. The highest BCUT2D eigenvalue weighted by atomic mass is 16.5. The fourth-order valence-electron chi connectivity index (χ4n) is 0.982. The van der Waals surface area contributed by atoms with Crippen LogP contribution in [-0.4, -0.2) is 48.8 Å². The number of hydrogen-bond donors (Lipinski definition) is 2. The van der Waals surface area contributed by atoms with Gasteiger partial charge in [-0.3, -0.25) is 0 Å². The quantitative estimate of drug-likeness (QED) is 0.595. The average Bonchev–Trinajstić information content (AvgIpc) is 2.35. The Bertz CT molecular complexity index is 140. The van der Waals surface area contributed by atoms with E-state index in [0.717, 1.165) is 38.9 Å². The van der Waals surface area contributed by atoms with E-state index in [4.69, 9.17) is 19.7 Å². The van der Waals surface area contributed by atoms with Gasteiger partial charge in [0.25, 0.3) is 0 Å². The van der Waals surface area contributed by atoms with Crippen molar-refractivity contribution in [3.8, 4) is 0 Å². The summed E-state index contributed by atoms with van der Waals surface area (Å²) in [4.78, 5) is 0. The molecule has 0 saturated carbocycles. The van der Waals surface area contributed by atoms with E-state index < -0.39 is 0 Å². The van der Waals surface area contributed by atoms with Gasteiger partial charge >= 0.3 is 0 Å². The topological polar surface area (TPSA) is 58.9 Å². The SMILES string of the molecule is CCCCOC(C)CO.CCCCOCC(C)O. The van der Waals surface area contributed by atoms with E-state index in [1.54, 1.807) is 6.92 Å². The van der Waals surface area contributed by atoms with Crippen molar-refractivity contribution in [1.29, 1.82) is 0 Å². The van der Waals surface area contributed by atoms with Gasteiger partial charge in [0.05, 0.1) is 25.4 Å². The molecule has 0 spiro atoms. The first-order chi connectivity index (χ1) is 8.58. The minimum Gasteiger partial charge on any atom is -0.394 e. The van der Waals surface area contributed by atoms with Gasteiger partial charge in [0.15, 0.2) is 0 Å². The number of ether oxygens (including phenoxy) is 2. The maximum atomic E-state index is 8.73. The molecule has 0 fully saturated rings. The summed E-state index contributed by atoms with van der Waals surface area (Å²) in [6.45, 7) is 9.99. The number of aliphatic hydroxyl groups is 2. The Balaban J connectivity index is 0. The van der Waals surface area contributed by atoms with Crippen LogP contribution in [0.25, 0.3) is 0 Å². The molecule has 4 nitrogen and oxygen atoms in total. The second kappa shape index (κ2) is 16.8. The van der Waals surface area contributed by atoms with Crippen molar-refractivity contribution in [2.75, 3.05) is 26.4 Å². The molecule has 0 rings (SSSR count). The largest absolute Gasteiger partial charge is 0.394 e. The monoisotopic (exact) mass is 264 g/mol. The molecule has 2 atom stereocenters. The first-order valence-electron chi connectivity index (χ1n) is 7.06. The first kappa shape index (κ1) is 20.2. The van der Waals surface area contributed by atoms with Gasteiger partial charge in [-0.05, 0) is 26.7 Å². The molecule has 0 aromatic rings. The summed E-state index contributed by atoms with van der Waals surface area (Å²) in [6.07, 6.45) is 4.17. The van der Waals surface area contributed by atoms with Crippen LogP contribution in [0.5, 0.6) is 0 Å². The van der Waals surface area contributed by atoms with Gasteiger partial charge in [-0.2, -0.15) is 0 Å². The fourth-order valence-corrected chi connectivity index (χ4v) is 0.982. The maximum absolute atomic E-state index is 8.73. The summed E-state index contributed by atoms with van der Waals surface area (Å²) < 4.78 is 10.3. The van der Waals surface area contributed by atoms with E-state index in [9.17, 15) is 0 Å². The van der Waals surface area contributed by atoms with E-state index in [-0.39, 0.29) is 18.8 Å². The predicted molar refractivity (Wildman–Crippen MR) is 74.8 cm³/mol. The lowest BCUT2D eigenvalue weighted by Crippen LogP contribution is -2.13. The summed E-state index contributed by atoms with van der Waals surface area (Å²) in [5, 5.41) is 17.2. The van der Waals surface area contributed by atoms with Crippen LogP contribution in [0.15, 0.2) is 0 Å². The average molecular weight is 264 g/mol. The van der Waals surface area contributed by atoms with E-state index in [1.165, 1.54) is 0 Å². The van der Waals surface area contributed by atoms with Crippen LogP contribution in [0, 0.1) is 0 Å². The van der Waals surface area contributed by atoms with Crippen LogP contribution in [0.2, 0.25) is 0 Å². The summed E-state index contributed by atoms with van der Waals surface area (Å²) in [5.74, 6) is 0. The Morgan fingerprint density at radius 3 is 2.00 bits per heavy atom. The Morgan fingerprint density at radius 2 is 1.56 bits per heavy atom. The van der Waals surface area contributed by atoms with Gasteiger partial charge in [-0.15, -0.1) is 0 Å². The highest BCUT2D eigenvalue weighted by molar-refractivity contribution is 4.43. The van der Waals surface area contributed by atoms with Crippen LogP contribution >= 0.6 is 0 Å². The van der Waals surface area contributed by atoms with Crippen molar-refractivity contribution < 1.29 is 19.7 Å². The smallest absolute Gasteiger partial charge is 0.0777 e. The number of aliphatic hydroxyl groups excluding tert-OH is 2. The van der Waals surface area contributed by atoms with Crippen molar-refractivity contribution in [2.24, 2.45) is 0 Å². The van der Waals surface area contributed by atoms with Crippen LogP contribution in [0.4, 0.5) is 0 Å².